The molecule has 0 aromatic heterocycles. The molecule has 1 amide bonds. The van der Waals surface area contributed by atoms with E-state index in [0.717, 1.165) is 17.8 Å². The topological polar surface area (TPSA) is 41.6 Å². The summed E-state index contributed by atoms with van der Waals surface area (Å²) in [5.41, 5.74) is 3.20. The molecule has 0 spiro atoms. The highest BCUT2D eigenvalue weighted by atomic mass is 16.6. The molecule has 22 heavy (non-hydrogen) atoms. The molecule has 0 saturated carbocycles. The zero-order valence-corrected chi connectivity index (χ0v) is 12.7. The van der Waals surface area contributed by atoms with Crippen molar-refractivity contribution in [3.8, 4) is 0 Å². The minimum atomic E-state index is -0.267. The summed E-state index contributed by atoms with van der Waals surface area (Å²) in [7, 11) is 0. The Labute approximate surface area is 130 Å². The number of anilines is 2. The van der Waals surface area contributed by atoms with Crippen molar-refractivity contribution in [3.05, 3.63) is 60.2 Å². The van der Waals surface area contributed by atoms with Crippen molar-refractivity contribution in [3.63, 3.8) is 0 Å². The molecule has 1 heterocycles. The number of carbonyl (C=O) groups is 1. The van der Waals surface area contributed by atoms with Crippen LogP contribution in [0.3, 0.4) is 0 Å². The third-order valence-electron chi connectivity index (χ3n) is 3.89. The van der Waals surface area contributed by atoms with Crippen molar-refractivity contribution in [2.45, 2.75) is 19.4 Å². The Balaban J connectivity index is 1.71. The lowest BCUT2D eigenvalue weighted by atomic mass is 10.0. The molecule has 1 atom stereocenters. The van der Waals surface area contributed by atoms with Crippen LogP contribution < -0.4 is 10.2 Å². The fourth-order valence-electron chi connectivity index (χ4n) is 2.67. The quantitative estimate of drug-likeness (QED) is 0.898. The highest BCUT2D eigenvalue weighted by Gasteiger charge is 2.23. The van der Waals surface area contributed by atoms with Crippen LogP contribution in [0.2, 0.25) is 0 Å². The first-order valence-corrected chi connectivity index (χ1v) is 7.64. The number of ether oxygens (including phenoxy) is 1. The monoisotopic (exact) mass is 296 g/mol. The fraction of sp³-hybridized carbons (Fsp3) is 0.278. The summed E-state index contributed by atoms with van der Waals surface area (Å²) < 4.78 is 4.96. The average molecular weight is 296 g/mol. The van der Waals surface area contributed by atoms with Gasteiger partial charge in [-0.1, -0.05) is 37.3 Å². The van der Waals surface area contributed by atoms with Gasteiger partial charge in [-0.2, -0.15) is 0 Å². The second-order valence-electron chi connectivity index (χ2n) is 5.33. The van der Waals surface area contributed by atoms with Gasteiger partial charge in [0.15, 0.2) is 0 Å². The summed E-state index contributed by atoms with van der Waals surface area (Å²) in [4.78, 5) is 13.2. The molecule has 0 aliphatic carbocycles. The smallest absolute Gasteiger partial charge is 0.414 e. The molecule has 2 aromatic carbocycles. The minimum absolute atomic E-state index is 0.267. The van der Waals surface area contributed by atoms with Crippen LogP contribution in [-0.4, -0.2) is 19.2 Å². The number of cyclic esters (lactones) is 1. The maximum absolute atomic E-state index is 11.6. The van der Waals surface area contributed by atoms with Gasteiger partial charge in [0.25, 0.3) is 0 Å². The maximum atomic E-state index is 11.6. The van der Waals surface area contributed by atoms with Crippen molar-refractivity contribution in [2.75, 3.05) is 23.4 Å². The van der Waals surface area contributed by atoms with Crippen LogP contribution in [-0.2, 0) is 4.74 Å². The molecule has 2 aromatic rings. The Morgan fingerprint density at radius 1 is 1.14 bits per heavy atom. The normalized spacial score (nSPS) is 15.5. The number of benzene rings is 2. The number of nitrogens with zero attached hydrogens (tertiary/aromatic N) is 1. The van der Waals surface area contributed by atoms with E-state index < -0.39 is 0 Å². The Kier molecular flexibility index (Phi) is 4.28. The van der Waals surface area contributed by atoms with E-state index >= 15 is 0 Å². The highest BCUT2D eigenvalue weighted by molar-refractivity contribution is 5.89. The first-order chi connectivity index (χ1) is 10.8. The molecule has 0 radical (unpaired) electrons. The molecule has 1 fully saturated rings. The van der Waals surface area contributed by atoms with E-state index in [4.69, 9.17) is 4.74 Å². The summed E-state index contributed by atoms with van der Waals surface area (Å²) >= 11 is 0. The summed E-state index contributed by atoms with van der Waals surface area (Å²) in [6.45, 7) is 3.25. The summed E-state index contributed by atoms with van der Waals surface area (Å²) in [6, 6.07) is 18.6. The van der Waals surface area contributed by atoms with Gasteiger partial charge in [-0.05, 0) is 36.2 Å². The van der Waals surface area contributed by atoms with Gasteiger partial charge in [-0.25, -0.2) is 4.79 Å². The second-order valence-corrected chi connectivity index (χ2v) is 5.33. The van der Waals surface area contributed by atoms with Gasteiger partial charge in [0, 0.05) is 11.4 Å². The highest BCUT2D eigenvalue weighted by Crippen LogP contribution is 2.25. The van der Waals surface area contributed by atoms with Gasteiger partial charge >= 0.3 is 6.09 Å². The molecular weight excluding hydrogens is 276 g/mol. The number of rotatable bonds is 5. The van der Waals surface area contributed by atoms with Crippen molar-refractivity contribution < 1.29 is 9.53 Å². The van der Waals surface area contributed by atoms with Crippen molar-refractivity contribution >= 4 is 17.5 Å². The lowest BCUT2D eigenvalue weighted by molar-refractivity contribution is 0.181. The molecule has 1 saturated heterocycles. The number of carbonyl (C=O) groups excluding carboxylic acids is 1. The zero-order chi connectivity index (χ0) is 15.4. The lowest BCUT2D eigenvalue weighted by Crippen LogP contribution is -2.23. The molecule has 0 bridgehead atoms. The zero-order valence-electron chi connectivity index (χ0n) is 12.7. The van der Waals surface area contributed by atoms with Crippen LogP contribution in [0.4, 0.5) is 16.2 Å². The Hall–Kier alpha value is -2.49. The predicted octanol–water partition coefficient (Wildman–Crippen LogP) is 4.21. The first-order valence-electron chi connectivity index (χ1n) is 7.64. The van der Waals surface area contributed by atoms with Crippen LogP contribution in [0.5, 0.6) is 0 Å². The molecule has 1 unspecified atom stereocenters. The summed E-state index contributed by atoms with van der Waals surface area (Å²) in [6.07, 6.45) is 0.737. The van der Waals surface area contributed by atoms with Crippen LogP contribution >= 0.6 is 0 Å². The molecule has 4 nitrogen and oxygen atoms in total. The Bertz CT molecular complexity index is 625. The molecule has 1 aliphatic rings. The van der Waals surface area contributed by atoms with E-state index in [9.17, 15) is 4.79 Å². The van der Waals surface area contributed by atoms with Gasteiger partial charge in [0.05, 0.1) is 12.6 Å². The van der Waals surface area contributed by atoms with E-state index in [0.29, 0.717) is 13.2 Å². The molecule has 1 aliphatic heterocycles. The molecule has 4 heteroatoms. The van der Waals surface area contributed by atoms with E-state index in [1.807, 2.05) is 30.3 Å². The SMILES string of the molecule is CCC(Nc1ccc(N2CCOC2=O)cc1)c1ccccc1. The van der Waals surface area contributed by atoms with E-state index in [-0.39, 0.29) is 12.1 Å². The van der Waals surface area contributed by atoms with Crippen LogP contribution in [0.15, 0.2) is 54.6 Å². The summed E-state index contributed by atoms with van der Waals surface area (Å²) in [5.74, 6) is 0. The number of hydrogen-bond acceptors (Lipinski definition) is 3. The Morgan fingerprint density at radius 3 is 2.45 bits per heavy atom. The average Bonchev–Trinajstić information content (AvgIpc) is 3.00. The molecule has 114 valence electrons. The first kappa shape index (κ1) is 14.4. The van der Waals surface area contributed by atoms with Gasteiger partial charge < -0.3 is 10.1 Å². The molecular formula is C18H20N2O2. The molecule has 3 rings (SSSR count). The number of amides is 1. The van der Waals surface area contributed by atoms with Crippen molar-refractivity contribution in [2.24, 2.45) is 0 Å². The van der Waals surface area contributed by atoms with Crippen LogP contribution in [0, 0.1) is 0 Å². The van der Waals surface area contributed by atoms with Crippen molar-refractivity contribution in [1.29, 1.82) is 0 Å². The Morgan fingerprint density at radius 2 is 1.86 bits per heavy atom. The summed E-state index contributed by atoms with van der Waals surface area (Å²) in [5, 5.41) is 3.54. The third kappa shape index (κ3) is 3.06. The third-order valence-corrected chi connectivity index (χ3v) is 3.89. The van der Waals surface area contributed by atoms with Gasteiger partial charge in [-0.15, -0.1) is 0 Å². The second kappa shape index (κ2) is 6.52. The maximum Gasteiger partial charge on any atom is 0.414 e. The minimum Gasteiger partial charge on any atom is -0.447 e. The standard InChI is InChI=1S/C18H20N2O2/c1-2-17(14-6-4-3-5-7-14)19-15-8-10-16(11-9-15)20-12-13-22-18(20)21/h3-11,17,19H,2,12-13H2,1H3. The van der Waals surface area contributed by atoms with Crippen LogP contribution in [0.1, 0.15) is 24.9 Å². The van der Waals surface area contributed by atoms with Gasteiger partial charge in [0.2, 0.25) is 0 Å². The largest absolute Gasteiger partial charge is 0.447 e. The van der Waals surface area contributed by atoms with Gasteiger partial charge in [0.1, 0.15) is 6.61 Å². The van der Waals surface area contributed by atoms with Crippen molar-refractivity contribution in [1.82, 2.24) is 0 Å². The predicted molar refractivity (Wildman–Crippen MR) is 88.2 cm³/mol. The van der Waals surface area contributed by atoms with Gasteiger partial charge in [-0.3, -0.25) is 4.90 Å². The lowest BCUT2D eigenvalue weighted by Gasteiger charge is -2.20. The van der Waals surface area contributed by atoms with E-state index in [2.05, 4.69) is 36.5 Å². The molecule has 1 N–H and O–H groups in total. The fourth-order valence-corrected chi connectivity index (χ4v) is 2.67. The van der Waals surface area contributed by atoms with E-state index in [1.165, 1.54) is 5.56 Å². The number of nitrogens with one attached hydrogen (secondary N) is 1. The van der Waals surface area contributed by atoms with Crippen LogP contribution in [0.25, 0.3) is 0 Å². The van der Waals surface area contributed by atoms with E-state index in [1.54, 1.807) is 4.90 Å². The number of hydrogen-bond donors (Lipinski definition) is 1.